The van der Waals surface area contributed by atoms with Gasteiger partial charge in [0.1, 0.15) is 5.82 Å². The van der Waals surface area contributed by atoms with Gasteiger partial charge >= 0.3 is 5.97 Å². The Morgan fingerprint density at radius 1 is 1.13 bits per heavy atom. The van der Waals surface area contributed by atoms with Crippen molar-refractivity contribution in [2.75, 3.05) is 21.2 Å². The number of nitrogens with zero attached hydrogens (tertiary/aromatic N) is 2. The van der Waals surface area contributed by atoms with Gasteiger partial charge in [-0.25, -0.2) is 9.18 Å². The van der Waals surface area contributed by atoms with Crippen molar-refractivity contribution in [3.8, 4) is 11.5 Å². The monoisotopic (exact) mass is 316 g/mol. The normalized spacial score (nSPS) is 10.6. The molecule has 0 radical (unpaired) electrons. The second kappa shape index (κ2) is 7.40. The molecule has 0 aliphatic heterocycles. The molecule has 2 aromatic rings. The van der Waals surface area contributed by atoms with Gasteiger partial charge in [-0.3, -0.25) is 0 Å². The number of rotatable bonds is 5. The molecule has 0 aliphatic carbocycles. The summed E-state index contributed by atoms with van der Waals surface area (Å²) in [6.07, 6.45) is 1.66. The second-order valence-corrected chi connectivity index (χ2v) is 4.90. The third kappa shape index (κ3) is 4.54. The second-order valence-electron chi connectivity index (χ2n) is 4.90. The number of ether oxygens (including phenoxy) is 2. The van der Waals surface area contributed by atoms with Gasteiger partial charge in [0.05, 0.1) is 18.9 Å². The molecule has 0 heterocycles. The number of hydrazone groups is 1. The van der Waals surface area contributed by atoms with Crippen molar-refractivity contribution >= 4 is 12.2 Å². The topological polar surface area (TPSA) is 51.1 Å². The van der Waals surface area contributed by atoms with E-state index >= 15 is 0 Å². The Hall–Kier alpha value is -2.89. The molecule has 0 spiro atoms. The number of hydrogen-bond donors (Lipinski definition) is 0. The van der Waals surface area contributed by atoms with Gasteiger partial charge in [0.25, 0.3) is 0 Å². The molecule has 0 aliphatic rings. The standard InChI is InChI=1S/C17H17FN2O3/c1-20(2)19-11-12-4-9-15(16(10-12)22-3)23-17(21)13-5-7-14(18)8-6-13/h4-11H,1-3H3. The highest BCUT2D eigenvalue weighted by Gasteiger charge is 2.12. The molecule has 120 valence electrons. The van der Waals surface area contributed by atoms with E-state index in [0.717, 1.165) is 5.56 Å². The molecular formula is C17H17FN2O3. The van der Waals surface area contributed by atoms with E-state index in [-0.39, 0.29) is 11.3 Å². The predicted octanol–water partition coefficient (Wildman–Crippen LogP) is 2.95. The lowest BCUT2D eigenvalue weighted by molar-refractivity contribution is 0.0729. The van der Waals surface area contributed by atoms with E-state index in [2.05, 4.69) is 5.10 Å². The molecule has 0 fully saturated rings. The van der Waals surface area contributed by atoms with Crippen LogP contribution in [-0.2, 0) is 0 Å². The van der Waals surface area contributed by atoms with E-state index < -0.39 is 11.8 Å². The molecule has 0 bridgehead atoms. The van der Waals surface area contributed by atoms with E-state index in [4.69, 9.17) is 9.47 Å². The number of halogens is 1. The predicted molar refractivity (Wildman–Crippen MR) is 85.6 cm³/mol. The summed E-state index contributed by atoms with van der Waals surface area (Å²) in [4.78, 5) is 12.1. The fraction of sp³-hybridized carbons (Fsp3) is 0.176. The van der Waals surface area contributed by atoms with Crippen LogP contribution in [0.3, 0.4) is 0 Å². The van der Waals surface area contributed by atoms with E-state index in [1.54, 1.807) is 29.4 Å². The summed E-state index contributed by atoms with van der Waals surface area (Å²) in [5.41, 5.74) is 1.06. The first-order valence-electron chi connectivity index (χ1n) is 6.86. The van der Waals surface area contributed by atoms with Crippen molar-refractivity contribution in [3.05, 3.63) is 59.4 Å². The van der Waals surface area contributed by atoms with Crippen LogP contribution in [0.5, 0.6) is 11.5 Å². The summed E-state index contributed by atoms with van der Waals surface area (Å²) >= 11 is 0. The molecule has 0 unspecified atom stereocenters. The Labute approximate surface area is 133 Å². The van der Waals surface area contributed by atoms with Gasteiger partial charge in [0.15, 0.2) is 11.5 Å². The summed E-state index contributed by atoms with van der Waals surface area (Å²) in [5.74, 6) is -0.311. The molecule has 0 N–H and O–H groups in total. The maximum absolute atomic E-state index is 12.9. The van der Waals surface area contributed by atoms with Gasteiger partial charge in [-0.2, -0.15) is 5.10 Å². The zero-order valence-corrected chi connectivity index (χ0v) is 13.1. The largest absolute Gasteiger partial charge is 0.493 e. The van der Waals surface area contributed by atoms with Crippen LogP contribution >= 0.6 is 0 Å². The average molecular weight is 316 g/mol. The molecule has 6 heteroatoms. The van der Waals surface area contributed by atoms with Gasteiger partial charge in [-0.05, 0) is 48.0 Å². The molecule has 0 aromatic heterocycles. The third-order valence-corrected chi connectivity index (χ3v) is 2.91. The van der Waals surface area contributed by atoms with E-state index in [0.29, 0.717) is 5.75 Å². The molecule has 2 rings (SSSR count). The van der Waals surface area contributed by atoms with Crippen LogP contribution in [0.15, 0.2) is 47.6 Å². The SMILES string of the molecule is COc1cc(C=NN(C)C)ccc1OC(=O)c1ccc(F)cc1. The van der Waals surface area contributed by atoms with Crippen LogP contribution in [-0.4, -0.2) is 38.4 Å². The van der Waals surface area contributed by atoms with Crippen molar-refractivity contribution < 1.29 is 18.7 Å². The summed E-state index contributed by atoms with van der Waals surface area (Å²) in [6, 6.07) is 10.2. The first-order valence-corrected chi connectivity index (χ1v) is 6.86. The van der Waals surface area contributed by atoms with Gasteiger partial charge in [0, 0.05) is 14.1 Å². The van der Waals surface area contributed by atoms with Crippen LogP contribution in [0, 0.1) is 5.82 Å². The lowest BCUT2D eigenvalue weighted by Crippen LogP contribution is -2.09. The van der Waals surface area contributed by atoms with Crippen molar-refractivity contribution in [2.24, 2.45) is 5.10 Å². The Bertz CT molecular complexity index is 712. The lowest BCUT2D eigenvalue weighted by Gasteiger charge is -2.10. The minimum atomic E-state index is -0.585. The first kappa shape index (κ1) is 16.5. The summed E-state index contributed by atoms with van der Waals surface area (Å²) in [5, 5.41) is 5.79. The zero-order valence-electron chi connectivity index (χ0n) is 13.1. The highest BCUT2D eigenvalue weighted by molar-refractivity contribution is 5.91. The molecular weight excluding hydrogens is 299 g/mol. The van der Waals surface area contributed by atoms with Crippen molar-refractivity contribution in [1.82, 2.24) is 5.01 Å². The van der Waals surface area contributed by atoms with Gasteiger partial charge in [0.2, 0.25) is 0 Å². The van der Waals surface area contributed by atoms with Crippen LogP contribution in [0.25, 0.3) is 0 Å². The smallest absolute Gasteiger partial charge is 0.343 e. The quantitative estimate of drug-likeness (QED) is 0.368. The highest BCUT2D eigenvalue weighted by Crippen LogP contribution is 2.28. The fourth-order valence-corrected chi connectivity index (χ4v) is 1.78. The fourth-order valence-electron chi connectivity index (χ4n) is 1.78. The van der Waals surface area contributed by atoms with Crippen LogP contribution in [0.4, 0.5) is 4.39 Å². The van der Waals surface area contributed by atoms with Crippen molar-refractivity contribution in [3.63, 3.8) is 0 Å². The van der Waals surface area contributed by atoms with Gasteiger partial charge in [-0.15, -0.1) is 0 Å². The summed E-state index contributed by atoms with van der Waals surface area (Å²) < 4.78 is 23.4. The number of esters is 1. The van der Waals surface area contributed by atoms with Crippen LogP contribution in [0.2, 0.25) is 0 Å². The molecule has 0 amide bonds. The van der Waals surface area contributed by atoms with Crippen LogP contribution in [0.1, 0.15) is 15.9 Å². The summed E-state index contributed by atoms with van der Waals surface area (Å²) in [6.45, 7) is 0. The first-order chi connectivity index (χ1) is 11.0. The molecule has 0 atom stereocenters. The number of carbonyl (C=O) groups is 1. The van der Waals surface area contributed by atoms with Gasteiger partial charge < -0.3 is 14.5 Å². The number of methoxy groups -OCH3 is 1. The lowest BCUT2D eigenvalue weighted by atomic mass is 10.2. The Kier molecular flexibility index (Phi) is 5.30. The minimum absolute atomic E-state index is 0.256. The molecule has 23 heavy (non-hydrogen) atoms. The molecule has 2 aromatic carbocycles. The number of carbonyl (C=O) groups excluding carboxylic acids is 1. The van der Waals surface area contributed by atoms with Crippen LogP contribution < -0.4 is 9.47 Å². The zero-order chi connectivity index (χ0) is 16.8. The number of hydrogen-bond acceptors (Lipinski definition) is 5. The minimum Gasteiger partial charge on any atom is -0.493 e. The van der Waals surface area contributed by atoms with E-state index in [1.165, 1.54) is 31.4 Å². The molecule has 0 saturated heterocycles. The molecule has 0 saturated carbocycles. The third-order valence-electron chi connectivity index (χ3n) is 2.91. The van der Waals surface area contributed by atoms with Gasteiger partial charge in [-0.1, -0.05) is 0 Å². The Balaban J connectivity index is 2.19. The maximum atomic E-state index is 12.9. The Morgan fingerprint density at radius 3 is 2.43 bits per heavy atom. The summed E-state index contributed by atoms with van der Waals surface area (Å²) in [7, 11) is 5.11. The molecule has 5 nitrogen and oxygen atoms in total. The van der Waals surface area contributed by atoms with E-state index in [1.807, 2.05) is 14.1 Å². The van der Waals surface area contributed by atoms with Crippen molar-refractivity contribution in [2.45, 2.75) is 0 Å². The average Bonchev–Trinajstić information content (AvgIpc) is 2.54. The van der Waals surface area contributed by atoms with E-state index in [9.17, 15) is 9.18 Å². The number of benzene rings is 2. The highest BCUT2D eigenvalue weighted by atomic mass is 19.1. The Morgan fingerprint density at radius 2 is 1.83 bits per heavy atom. The maximum Gasteiger partial charge on any atom is 0.343 e. The van der Waals surface area contributed by atoms with Crippen molar-refractivity contribution in [1.29, 1.82) is 0 Å².